The lowest BCUT2D eigenvalue weighted by Gasteiger charge is -2.48. The van der Waals surface area contributed by atoms with Gasteiger partial charge in [0.1, 0.15) is 5.41 Å². The van der Waals surface area contributed by atoms with E-state index in [9.17, 15) is 4.79 Å². The van der Waals surface area contributed by atoms with Crippen LogP contribution in [0.5, 0.6) is 0 Å². The van der Waals surface area contributed by atoms with E-state index in [2.05, 4.69) is 48.5 Å². The van der Waals surface area contributed by atoms with Crippen molar-refractivity contribution >= 4 is 5.97 Å². The zero-order chi connectivity index (χ0) is 16.5. The lowest BCUT2D eigenvalue weighted by atomic mass is 9.55. The molecule has 0 amide bonds. The normalized spacial score (nSPS) is 19.5. The van der Waals surface area contributed by atoms with Gasteiger partial charge in [-0.05, 0) is 30.1 Å². The number of ether oxygens (including phenoxy) is 1. The molecule has 0 aromatic rings. The number of rotatable bonds is 6. The Hall–Kier alpha value is -0.610. The van der Waals surface area contributed by atoms with Crippen molar-refractivity contribution in [2.45, 2.75) is 74.5 Å². The minimum Gasteiger partial charge on any atom is -0.465 e. The minimum absolute atomic E-state index is 0.0547. The van der Waals surface area contributed by atoms with Crippen LogP contribution in [0, 0.1) is 22.2 Å². The molecule has 0 saturated carbocycles. The van der Waals surface area contributed by atoms with Gasteiger partial charge in [-0.2, -0.15) is 9.78 Å². The molecular weight excluding hydrogens is 268 g/mol. The number of esters is 1. The van der Waals surface area contributed by atoms with Crippen molar-refractivity contribution in [2.24, 2.45) is 22.2 Å². The Morgan fingerprint density at radius 3 is 1.86 bits per heavy atom. The molecule has 0 spiro atoms. The van der Waals surface area contributed by atoms with Gasteiger partial charge in [-0.3, -0.25) is 4.79 Å². The van der Waals surface area contributed by atoms with Gasteiger partial charge in [0.2, 0.25) is 6.29 Å². The van der Waals surface area contributed by atoms with E-state index in [1.165, 1.54) is 0 Å². The van der Waals surface area contributed by atoms with Gasteiger partial charge in [0.05, 0.1) is 6.61 Å². The predicted molar refractivity (Wildman–Crippen MR) is 82.3 cm³/mol. The molecule has 124 valence electrons. The molecule has 1 unspecified atom stereocenters. The summed E-state index contributed by atoms with van der Waals surface area (Å²) in [6.07, 6.45) is 1.38. The molecular formula is C17H32O4. The van der Waals surface area contributed by atoms with Gasteiger partial charge >= 0.3 is 5.97 Å². The van der Waals surface area contributed by atoms with Gasteiger partial charge in [-0.25, -0.2) is 0 Å². The summed E-state index contributed by atoms with van der Waals surface area (Å²) >= 11 is 0. The predicted octanol–water partition coefficient (Wildman–Crippen LogP) is 4.33. The summed E-state index contributed by atoms with van der Waals surface area (Å²) in [4.78, 5) is 22.9. The summed E-state index contributed by atoms with van der Waals surface area (Å²) in [5.74, 6) is -0.160. The Morgan fingerprint density at radius 1 is 1.05 bits per heavy atom. The van der Waals surface area contributed by atoms with E-state index in [4.69, 9.17) is 14.5 Å². The van der Waals surface area contributed by atoms with Gasteiger partial charge in [-0.15, -0.1) is 0 Å². The van der Waals surface area contributed by atoms with E-state index >= 15 is 0 Å². The van der Waals surface area contributed by atoms with Crippen molar-refractivity contribution in [3.63, 3.8) is 0 Å². The van der Waals surface area contributed by atoms with Crippen LogP contribution >= 0.6 is 0 Å². The molecule has 1 rings (SSSR count). The Bertz CT molecular complexity index is 346. The zero-order valence-electron chi connectivity index (χ0n) is 14.9. The third kappa shape index (κ3) is 4.19. The second kappa shape index (κ2) is 6.25. The molecule has 4 heteroatoms. The molecule has 0 N–H and O–H groups in total. The van der Waals surface area contributed by atoms with Crippen LogP contribution in [-0.4, -0.2) is 18.9 Å². The second-order valence-corrected chi connectivity index (χ2v) is 8.46. The van der Waals surface area contributed by atoms with E-state index in [1.54, 1.807) is 0 Å². The molecule has 0 aromatic heterocycles. The number of hydrogen-bond donors (Lipinski definition) is 0. The monoisotopic (exact) mass is 300 g/mol. The molecule has 1 aliphatic heterocycles. The fourth-order valence-corrected chi connectivity index (χ4v) is 4.14. The van der Waals surface area contributed by atoms with E-state index in [1.807, 2.05) is 6.92 Å². The fraction of sp³-hybridized carbons (Fsp3) is 0.941. The summed E-state index contributed by atoms with van der Waals surface area (Å²) < 4.78 is 5.52. The molecule has 0 radical (unpaired) electrons. The van der Waals surface area contributed by atoms with Gasteiger partial charge < -0.3 is 4.74 Å². The molecule has 1 fully saturated rings. The number of unbranched alkanes of at least 4 members (excludes halogenated alkanes) is 1. The number of hydrogen-bond acceptors (Lipinski definition) is 4. The van der Waals surface area contributed by atoms with Crippen molar-refractivity contribution in [1.82, 2.24) is 0 Å². The minimum atomic E-state index is -0.801. The van der Waals surface area contributed by atoms with E-state index < -0.39 is 11.7 Å². The molecule has 0 bridgehead atoms. The quantitative estimate of drug-likeness (QED) is 0.317. The first-order chi connectivity index (χ1) is 9.45. The topological polar surface area (TPSA) is 51.4 Å². The Balaban J connectivity index is 3.09. The molecule has 1 atom stereocenters. The van der Waals surface area contributed by atoms with E-state index in [0.29, 0.717) is 6.61 Å². The van der Waals surface area contributed by atoms with Gasteiger partial charge in [-0.1, -0.05) is 54.9 Å². The highest BCUT2D eigenvalue weighted by Gasteiger charge is 2.63. The lowest BCUT2D eigenvalue weighted by Crippen LogP contribution is -2.52. The molecule has 1 aliphatic rings. The average Bonchev–Trinajstić information content (AvgIpc) is 3.08. The van der Waals surface area contributed by atoms with Gasteiger partial charge in [0.15, 0.2) is 0 Å². The number of carbonyl (C=O) groups excluding carboxylic acids is 1. The van der Waals surface area contributed by atoms with Crippen LogP contribution in [0.1, 0.15) is 68.2 Å². The number of carbonyl (C=O) groups is 1. The maximum atomic E-state index is 12.8. The average molecular weight is 300 g/mol. The van der Waals surface area contributed by atoms with Crippen LogP contribution in [0.2, 0.25) is 0 Å². The third-order valence-corrected chi connectivity index (χ3v) is 4.18. The van der Waals surface area contributed by atoms with Crippen LogP contribution in [0.3, 0.4) is 0 Å². The van der Waals surface area contributed by atoms with Crippen LogP contribution in [-0.2, 0) is 19.3 Å². The van der Waals surface area contributed by atoms with E-state index in [0.717, 1.165) is 12.8 Å². The highest BCUT2D eigenvalue weighted by molar-refractivity contribution is 5.78. The molecule has 1 saturated heterocycles. The Morgan fingerprint density at radius 2 is 1.52 bits per heavy atom. The van der Waals surface area contributed by atoms with Crippen LogP contribution in [0.25, 0.3) is 0 Å². The first kappa shape index (κ1) is 18.4. The highest BCUT2D eigenvalue weighted by Crippen LogP contribution is 2.55. The van der Waals surface area contributed by atoms with Crippen LogP contribution in [0.4, 0.5) is 0 Å². The molecule has 4 nitrogen and oxygen atoms in total. The lowest BCUT2D eigenvalue weighted by molar-refractivity contribution is -0.170. The van der Waals surface area contributed by atoms with Gasteiger partial charge in [0.25, 0.3) is 0 Å². The first-order valence-corrected chi connectivity index (χ1v) is 7.95. The highest BCUT2D eigenvalue weighted by atomic mass is 17.4. The van der Waals surface area contributed by atoms with Gasteiger partial charge in [0, 0.05) is 0 Å². The maximum absolute atomic E-state index is 12.8. The molecule has 0 aromatic carbocycles. The van der Waals surface area contributed by atoms with Crippen LogP contribution < -0.4 is 0 Å². The molecule has 0 aliphatic carbocycles. The maximum Gasteiger partial charge on any atom is 0.317 e. The fourth-order valence-electron chi connectivity index (χ4n) is 4.14. The summed E-state index contributed by atoms with van der Waals surface area (Å²) in [5.41, 5.74) is -0.956. The SMILES string of the molecule is CCCCOC(=O)C(C)(C1OO1)C(C(C)(C)C)C(C)(C)C. The summed E-state index contributed by atoms with van der Waals surface area (Å²) in [6.45, 7) is 17.4. The summed E-state index contributed by atoms with van der Waals surface area (Å²) in [7, 11) is 0. The smallest absolute Gasteiger partial charge is 0.317 e. The Labute approximate surface area is 129 Å². The van der Waals surface area contributed by atoms with Crippen molar-refractivity contribution in [1.29, 1.82) is 0 Å². The Kier molecular flexibility index (Phi) is 5.49. The zero-order valence-corrected chi connectivity index (χ0v) is 14.9. The standard InChI is InChI=1S/C17H32O4/c1-9-10-11-19-13(18)17(8,14-20-21-14)12(15(2,3)4)16(5,6)7/h12,14H,9-11H2,1-8H3. The second-order valence-electron chi connectivity index (χ2n) is 8.46. The van der Waals surface area contributed by atoms with Crippen molar-refractivity contribution in [3.8, 4) is 0 Å². The van der Waals surface area contributed by atoms with Crippen molar-refractivity contribution in [2.75, 3.05) is 6.61 Å². The van der Waals surface area contributed by atoms with Crippen molar-refractivity contribution in [3.05, 3.63) is 0 Å². The first-order valence-electron chi connectivity index (χ1n) is 7.95. The third-order valence-electron chi connectivity index (χ3n) is 4.18. The summed E-state index contributed by atoms with van der Waals surface area (Å²) in [6, 6.07) is 0. The van der Waals surface area contributed by atoms with Crippen LogP contribution in [0.15, 0.2) is 0 Å². The molecule has 1 heterocycles. The largest absolute Gasteiger partial charge is 0.465 e. The van der Waals surface area contributed by atoms with E-state index in [-0.39, 0.29) is 22.7 Å². The molecule has 21 heavy (non-hydrogen) atoms. The summed E-state index contributed by atoms with van der Waals surface area (Å²) in [5, 5.41) is 0. The van der Waals surface area contributed by atoms with Crippen molar-refractivity contribution < 1.29 is 19.3 Å².